The van der Waals surface area contributed by atoms with Crippen molar-refractivity contribution in [2.45, 2.75) is 29.9 Å². The molecule has 0 radical (unpaired) electrons. The van der Waals surface area contributed by atoms with Gasteiger partial charge in [-0.3, -0.25) is 4.79 Å². The Balaban J connectivity index is 1.56. The van der Waals surface area contributed by atoms with E-state index < -0.39 is 32.7 Å². The molecule has 0 bridgehead atoms. The number of carbonyl (C=O) groups is 1. The maximum Gasteiger partial charge on any atom is 0.335 e. The first-order valence-electron chi connectivity index (χ1n) is 9.11. The van der Waals surface area contributed by atoms with Crippen molar-refractivity contribution in [3.05, 3.63) is 77.4 Å². The van der Waals surface area contributed by atoms with E-state index in [9.17, 15) is 17.6 Å². The summed E-state index contributed by atoms with van der Waals surface area (Å²) in [5, 5.41) is 6.96. The molecule has 1 fully saturated rings. The smallest absolute Gasteiger partial charge is 0.335 e. The number of nitrogens with zero attached hydrogens (tertiary/aromatic N) is 3. The Labute approximate surface area is 167 Å². The zero-order chi connectivity index (χ0) is 20.4. The van der Waals surface area contributed by atoms with Crippen molar-refractivity contribution in [1.29, 1.82) is 0 Å². The first kappa shape index (κ1) is 19.3. The summed E-state index contributed by atoms with van der Waals surface area (Å²) in [7, 11) is -4.02. The first-order valence-corrected chi connectivity index (χ1v) is 10.8. The summed E-state index contributed by atoms with van der Waals surface area (Å²) in [6.45, 7) is 0.512. The predicted molar refractivity (Wildman–Crippen MR) is 101 cm³/mol. The molecule has 9 heteroatoms. The molecule has 1 aliphatic rings. The lowest BCUT2D eigenvalue weighted by Crippen LogP contribution is -2.30. The molecule has 0 unspecified atom stereocenters. The van der Waals surface area contributed by atoms with Gasteiger partial charge in [0.2, 0.25) is 15.7 Å². The van der Waals surface area contributed by atoms with Crippen LogP contribution < -0.4 is 0 Å². The van der Waals surface area contributed by atoms with Crippen LogP contribution in [0.5, 0.6) is 0 Å². The Morgan fingerprint density at radius 1 is 1.10 bits per heavy atom. The zero-order valence-corrected chi connectivity index (χ0v) is 16.2. The van der Waals surface area contributed by atoms with E-state index in [4.69, 9.17) is 4.42 Å². The van der Waals surface area contributed by atoms with Crippen LogP contribution in [0, 0.1) is 5.82 Å². The van der Waals surface area contributed by atoms with Crippen LogP contribution in [-0.2, 0) is 15.6 Å². The highest BCUT2D eigenvalue weighted by molar-refractivity contribution is 7.90. The number of hydrogen-bond acceptors (Lipinski definition) is 6. The average molecular weight is 415 g/mol. The molecule has 4 rings (SSSR count). The van der Waals surface area contributed by atoms with Crippen molar-refractivity contribution in [2.75, 3.05) is 6.54 Å². The number of halogens is 1. The fraction of sp³-hybridized carbons (Fsp3) is 0.250. The van der Waals surface area contributed by atoms with E-state index in [1.807, 2.05) is 6.07 Å². The lowest BCUT2D eigenvalue weighted by atomic mass is 10.1. The maximum absolute atomic E-state index is 13.8. The Morgan fingerprint density at radius 2 is 1.83 bits per heavy atom. The predicted octanol–water partition coefficient (Wildman–Crippen LogP) is 3.16. The molecule has 3 aromatic rings. The van der Waals surface area contributed by atoms with Gasteiger partial charge < -0.3 is 9.32 Å². The van der Waals surface area contributed by atoms with Crippen LogP contribution in [0.1, 0.15) is 40.7 Å². The Hall–Kier alpha value is -3.07. The van der Waals surface area contributed by atoms with Crippen molar-refractivity contribution in [3.63, 3.8) is 0 Å². The number of rotatable bonds is 5. The van der Waals surface area contributed by atoms with Crippen LogP contribution in [0.25, 0.3) is 0 Å². The van der Waals surface area contributed by atoms with Crippen molar-refractivity contribution in [2.24, 2.45) is 0 Å². The highest BCUT2D eigenvalue weighted by atomic mass is 32.2. The van der Waals surface area contributed by atoms with Crippen LogP contribution in [0.4, 0.5) is 4.39 Å². The Morgan fingerprint density at radius 3 is 2.59 bits per heavy atom. The Bertz CT molecular complexity index is 1130. The van der Waals surface area contributed by atoms with Gasteiger partial charge in [0.25, 0.3) is 5.91 Å². The molecule has 150 valence electrons. The molecular weight excluding hydrogens is 397 g/mol. The molecule has 29 heavy (non-hydrogen) atoms. The second-order valence-corrected chi connectivity index (χ2v) is 8.65. The summed E-state index contributed by atoms with van der Waals surface area (Å²) in [5.74, 6) is -1.31. The molecule has 0 N–H and O–H groups in total. The quantitative estimate of drug-likeness (QED) is 0.635. The van der Waals surface area contributed by atoms with E-state index in [2.05, 4.69) is 10.2 Å². The summed E-state index contributed by atoms with van der Waals surface area (Å²) in [5.41, 5.74) is 0.556. The first-order chi connectivity index (χ1) is 14.0. The van der Waals surface area contributed by atoms with E-state index in [-0.39, 0.29) is 17.4 Å². The lowest BCUT2D eigenvalue weighted by Gasteiger charge is -2.22. The number of sulfone groups is 1. The third-order valence-electron chi connectivity index (χ3n) is 4.81. The maximum atomic E-state index is 13.8. The van der Waals surface area contributed by atoms with Gasteiger partial charge >= 0.3 is 5.22 Å². The van der Waals surface area contributed by atoms with Gasteiger partial charge in [0.05, 0.1) is 5.75 Å². The van der Waals surface area contributed by atoms with Gasteiger partial charge in [0, 0.05) is 17.7 Å². The Kier molecular flexibility index (Phi) is 5.14. The van der Waals surface area contributed by atoms with E-state index in [0.29, 0.717) is 18.5 Å². The summed E-state index contributed by atoms with van der Waals surface area (Å²) in [4.78, 5) is 14.4. The van der Waals surface area contributed by atoms with Crippen LogP contribution in [0.2, 0.25) is 0 Å². The van der Waals surface area contributed by atoms with Crippen molar-refractivity contribution >= 4 is 15.7 Å². The molecule has 1 atom stereocenters. The lowest BCUT2D eigenvalue weighted by molar-refractivity contribution is 0.0712. The number of carbonyl (C=O) groups excluding carboxylic acids is 1. The van der Waals surface area contributed by atoms with Crippen LogP contribution in [-0.4, -0.2) is 36.0 Å². The average Bonchev–Trinajstić information content (AvgIpc) is 3.39. The monoisotopic (exact) mass is 415 g/mol. The van der Waals surface area contributed by atoms with Crippen LogP contribution in [0.15, 0.2) is 64.2 Å². The topological polar surface area (TPSA) is 93.4 Å². The molecule has 0 aliphatic carbocycles. The normalized spacial score (nSPS) is 16.9. The highest BCUT2D eigenvalue weighted by Crippen LogP contribution is 2.33. The molecular formula is C20H18FN3O4S. The largest absolute Gasteiger partial charge is 0.410 e. The molecule has 1 aromatic heterocycles. The minimum Gasteiger partial charge on any atom is -0.410 e. The third-order valence-corrected chi connectivity index (χ3v) is 6.20. The van der Waals surface area contributed by atoms with Gasteiger partial charge in [-0.15, -0.1) is 5.10 Å². The van der Waals surface area contributed by atoms with Crippen molar-refractivity contribution in [1.82, 2.24) is 15.1 Å². The molecule has 2 heterocycles. The molecule has 0 spiro atoms. The SMILES string of the molecule is O=C(c1ccccc1)N1CCC[C@H]1c1nnc(S(=O)(=O)Cc2ccccc2F)o1. The molecule has 1 saturated heterocycles. The van der Waals surface area contributed by atoms with Gasteiger partial charge in [0.15, 0.2) is 0 Å². The second-order valence-electron chi connectivity index (χ2n) is 6.78. The van der Waals surface area contributed by atoms with Gasteiger partial charge in [-0.2, -0.15) is 0 Å². The molecule has 1 aliphatic heterocycles. The van der Waals surface area contributed by atoms with Gasteiger partial charge in [0.1, 0.15) is 11.9 Å². The van der Waals surface area contributed by atoms with E-state index >= 15 is 0 Å². The summed E-state index contributed by atoms with van der Waals surface area (Å²) in [6, 6.07) is 13.9. The zero-order valence-electron chi connectivity index (χ0n) is 15.4. The van der Waals surface area contributed by atoms with Crippen molar-refractivity contribution in [3.8, 4) is 0 Å². The van der Waals surface area contributed by atoms with E-state index in [1.54, 1.807) is 35.2 Å². The van der Waals surface area contributed by atoms with E-state index in [1.165, 1.54) is 18.2 Å². The number of likely N-dealkylation sites (tertiary alicyclic amines) is 1. The number of aromatic nitrogens is 2. The molecule has 2 aromatic carbocycles. The van der Waals surface area contributed by atoms with Crippen molar-refractivity contribution < 1.29 is 22.0 Å². The summed E-state index contributed by atoms with van der Waals surface area (Å²) < 4.78 is 44.4. The highest BCUT2D eigenvalue weighted by Gasteiger charge is 2.35. The number of hydrogen-bond donors (Lipinski definition) is 0. The van der Waals surface area contributed by atoms with Crippen LogP contribution >= 0.6 is 0 Å². The van der Waals surface area contributed by atoms with E-state index in [0.717, 1.165) is 6.42 Å². The standard InChI is InChI=1S/C20H18FN3O4S/c21-16-10-5-4-9-15(16)13-29(26,27)20-23-22-18(28-20)17-11-6-12-24(17)19(25)14-7-2-1-3-8-14/h1-5,7-10,17H,6,11-13H2/t17-/m0/s1. The molecule has 7 nitrogen and oxygen atoms in total. The van der Waals surface area contributed by atoms with Gasteiger partial charge in [-0.05, 0) is 31.0 Å². The minimum atomic E-state index is -4.02. The van der Waals surface area contributed by atoms with Gasteiger partial charge in [-0.1, -0.05) is 41.5 Å². The molecule has 1 amide bonds. The number of amides is 1. The third kappa shape index (κ3) is 3.91. The summed E-state index contributed by atoms with van der Waals surface area (Å²) in [6.07, 6.45) is 1.33. The fourth-order valence-corrected chi connectivity index (χ4v) is 4.52. The van der Waals surface area contributed by atoms with Crippen LogP contribution in [0.3, 0.4) is 0 Å². The number of benzene rings is 2. The molecule has 0 saturated carbocycles. The second kappa shape index (κ2) is 7.75. The van der Waals surface area contributed by atoms with Gasteiger partial charge in [-0.25, -0.2) is 12.8 Å². The summed E-state index contributed by atoms with van der Waals surface area (Å²) >= 11 is 0. The minimum absolute atomic E-state index is 0.0222. The fourth-order valence-electron chi connectivity index (χ4n) is 3.38.